The number of carbonyl (C=O) groups is 2. The van der Waals surface area contributed by atoms with E-state index in [0.29, 0.717) is 32.4 Å². The molecule has 3 saturated heterocycles. The molecular weight excluding hydrogens is 578 g/mol. The van der Waals surface area contributed by atoms with Gasteiger partial charge >= 0.3 is 5.97 Å². The lowest BCUT2D eigenvalue weighted by molar-refractivity contribution is -0.154. The van der Waals surface area contributed by atoms with E-state index in [9.17, 15) is 28.2 Å². The minimum absolute atomic E-state index is 0.199. The predicted molar refractivity (Wildman–Crippen MR) is 162 cm³/mol. The van der Waals surface area contributed by atoms with Crippen LogP contribution in [0.2, 0.25) is 0 Å². The van der Waals surface area contributed by atoms with Crippen molar-refractivity contribution in [1.82, 2.24) is 13.6 Å². The van der Waals surface area contributed by atoms with E-state index < -0.39 is 52.2 Å². The van der Waals surface area contributed by atoms with Crippen LogP contribution in [0.3, 0.4) is 0 Å². The van der Waals surface area contributed by atoms with Crippen LogP contribution in [0.15, 0.2) is 11.0 Å². The van der Waals surface area contributed by atoms with Gasteiger partial charge < -0.3 is 14.9 Å². The minimum atomic E-state index is -3.67. The molecule has 0 radical (unpaired) electrons. The maximum atomic E-state index is 13.6. The molecule has 0 spiro atoms. The molecule has 1 aromatic rings. The van der Waals surface area contributed by atoms with E-state index in [4.69, 9.17) is 4.74 Å². The van der Waals surface area contributed by atoms with E-state index in [2.05, 4.69) is 4.98 Å². The molecule has 0 amide bonds. The fourth-order valence-corrected chi connectivity index (χ4v) is 9.10. The summed E-state index contributed by atoms with van der Waals surface area (Å²) >= 11 is 1.51. The summed E-state index contributed by atoms with van der Waals surface area (Å²) in [5.74, 6) is -1.93. The number of aryl methyl sites for hydroxylation is 1. The van der Waals surface area contributed by atoms with E-state index >= 15 is 0 Å². The predicted octanol–water partition coefficient (Wildman–Crippen LogP) is 3.71. The highest BCUT2D eigenvalue weighted by atomic mass is 32.2. The average Bonchev–Trinajstić information content (AvgIpc) is 3.25. The first-order valence-corrected chi connectivity index (χ1v) is 17.4. The highest BCUT2D eigenvalue weighted by Gasteiger charge is 2.57. The molecular formula is C30H47N3O7S2. The van der Waals surface area contributed by atoms with E-state index in [1.165, 1.54) is 11.3 Å². The molecule has 8 atom stereocenters. The molecule has 3 aliphatic heterocycles. The summed E-state index contributed by atoms with van der Waals surface area (Å²) in [6.07, 6.45) is 2.34. The Bertz CT molecular complexity index is 1270. The van der Waals surface area contributed by atoms with E-state index in [1.54, 1.807) is 29.4 Å². The van der Waals surface area contributed by atoms with Crippen molar-refractivity contribution in [2.75, 3.05) is 13.1 Å². The lowest BCUT2D eigenvalue weighted by Gasteiger charge is -2.34. The molecule has 0 aliphatic carbocycles. The van der Waals surface area contributed by atoms with Crippen LogP contribution < -0.4 is 0 Å². The lowest BCUT2D eigenvalue weighted by atomic mass is 9.73. The topological polar surface area (TPSA) is 137 Å². The van der Waals surface area contributed by atoms with Gasteiger partial charge in [-0.2, -0.15) is 17.0 Å². The Kier molecular flexibility index (Phi) is 10.4. The number of aliphatic hydroxyl groups excluding tert-OH is 2. The number of cyclic esters (lactones) is 1. The van der Waals surface area contributed by atoms with Gasteiger partial charge in [-0.15, -0.1) is 11.3 Å². The number of ether oxygens (including phenoxy) is 1. The van der Waals surface area contributed by atoms with Crippen LogP contribution in [-0.2, 0) is 24.5 Å². The van der Waals surface area contributed by atoms with Gasteiger partial charge in [0.15, 0.2) is 0 Å². The summed E-state index contributed by atoms with van der Waals surface area (Å²) in [6.45, 7) is 11.5. The number of Topliss-reactive ketones (excluding diaryl/α,β-unsaturated/α-hetero) is 1. The van der Waals surface area contributed by atoms with Crippen molar-refractivity contribution in [3.63, 3.8) is 0 Å². The van der Waals surface area contributed by atoms with Gasteiger partial charge in [-0.25, -0.2) is 4.98 Å². The molecule has 236 valence electrons. The number of aromatic nitrogens is 1. The molecule has 2 N–H and O–H groups in total. The SMILES string of the molecule is C/C(=C\c1csc(C)n1)[C@@H]1C[C@H]2C(CCCC(C)[C@H](O)C(C)C(=O)C(C)(C)C(O)CC(=O)O1)N2S(=O)(=O)N1CCCC1. The summed E-state index contributed by atoms with van der Waals surface area (Å²) in [5.41, 5.74) is 0.186. The van der Waals surface area contributed by atoms with Crippen LogP contribution in [0.25, 0.3) is 6.08 Å². The third-order valence-electron chi connectivity index (χ3n) is 9.41. The fourth-order valence-electron chi connectivity index (χ4n) is 6.44. The number of nitrogens with zero attached hydrogens (tertiary/aromatic N) is 3. The fraction of sp³-hybridized carbons (Fsp3) is 0.767. The molecule has 4 rings (SSSR count). The van der Waals surface area contributed by atoms with Crippen LogP contribution in [0.1, 0.15) is 90.3 Å². The Morgan fingerprint density at radius 2 is 1.79 bits per heavy atom. The third-order valence-corrected chi connectivity index (χ3v) is 12.3. The summed E-state index contributed by atoms with van der Waals surface area (Å²) in [6, 6.07) is -0.587. The van der Waals surface area contributed by atoms with E-state index in [0.717, 1.165) is 29.1 Å². The molecule has 0 aromatic carbocycles. The van der Waals surface area contributed by atoms with Crippen LogP contribution in [0.4, 0.5) is 0 Å². The largest absolute Gasteiger partial charge is 0.458 e. The van der Waals surface area contributed by atoms with Gasteiger partial charge in [-0.1, -0.05) is 34.1 Å². The van der Waals surface area contributed by atoms with Gasteiger partial charge in [0.1, 0.15) is 11.9 Å². The zero-order valence-corrected chi connectivity index (χ0v) is 27.3. The number of aliphatic hydroxyl groups is 2. The van der Waals surface area contributed by atoms with Crippen molar-refractivity contribution in [3.8, 4) is 0 Å². The molecule has 0 bridgehead atoms. The molecule has 10 nitrogen and oxygen atoms in total. The minimum Gasteiger partial charge on any atom is -0.458 e. The van der Waals surface area contributed by atoms with E-state index in [-0.39, 0.29) is 30.2 Å². The first kappa shape index (κ1) is 33.2. The van der Waals surface area contributed by atoms with Crippen molar-refractivity contribution in [3.05, 3.63) is 21.7 Å². The van der Waals surface area contributed by atoms with Gasteiger partial charge in [0.2, 0.25) is 0 Å². The number of esters is 1. The molecule has 4 heterocycles. The molecule has 3 fully saturated rings. The molecule has 1 aromatic heterocycles. The molecule has 12 heteroatoms. The zero-order valence-electron chi connectivity index (χ0n) is 25.7. The van der Waals surface area contributed by atoms with Gasteiger partial charge in [-0.05, 0) is 57.1 Å². The first-order valence-electron chi connectivity index (χ1n) is 15.1. The highest BCUT2D eigenvalue weighted by molar-refractivity contribution is 7.87. The quantitative estimate of drug-likeness (QED) is 0.382. The van der Waals surface area contributed by atoms with Crippen LogP contribution in [-0.4, -0.2) is 87.5 Å². The van der Waals surface area contributed by atoms with Crippen molar-refractivity contribution in [2.45, 2.75) is 117 Å². The Balaban J connectivity index is 1.66. The summed E-state index contributed by atoms with van der Waals surface area (Å²) in [5, 5.41) is 24.8. The molecule has 3 aliphatic rings. The third kappa shape index (κ3) is 7.15. The summed E-state index contributed by atoms with van der Waals surface area (Å²) < 4.78 is 36.4. The average molecular weight is 626 g/mol. The first-order chi connectivity index (χ1) is 19.6. The zero-order chi connectivity index (χ0) is 31.0. The van der Waals surface area contributed by atoms with Crippen molar-refractivity contribution in [2.24, 2.45) is 17.3 Å². The Morgan fingerprint density at radius 1 is 1.12 bits per heavy atom. The number of carbonyl (C=O) groups excluding carboxylic acids is 2. The monoisotopic (exact) mass is 625 g/mol. The Hall–Kier alpha value is -1.70. The maximum Gasteiger partial charge on any atom is 0.309 e. The normalized spacial score (nSPS) is 36.0. The Labute approximate surface area is 254 Å². The standard InChI is InChI=1S/C30H47N3O7S2/c1-18-10-9-11-23-24(33(23)42(38,39)32-12-7-8-13-32)15-25(19(2)14-22-17-41-21(4)31-22)40-27(35)16-26(34)30(5,6)29(37)20(3)28(18)36/h14,17-18,20,23-26,28,34,36H,7-13,15-16H2,1-6H3/b19-14+/t18?,20?,23?,24-,25-,26?,28-,33?/m0/s1. The maximum absolute atomic E-state index is 13.6. The van der Waals surface area contributed by atoms with Crippen molar-refractivity contribution in [1.29, 1.82) is 0 Å². The highest BCUT2D eigenvalue weighted by Crippen LogP contribution is 2.43. The summed E-state index contributed by atoms with van der Waals surface area (Å²) in [4.78, 5) is 31.1. The molecule has 42 heavy (non-hydrogen) atoms. The van der Waals surface area contributed by atoms with Crippen LogP contribution in [0.5, 0.6) is 0 Å². The van der Waals surface area contributed by atoms with Crippen molar-refractivity contribution >= 4 is 39.4 Å². The van der Waals surface area contributed by atoms with Gasteiger partial charge in [0, 0.05) is 42.9 Å². The van der Waals surface area contributed by atoms with Gasteiger partial charge in [0.25, 0.3) is 10.2 Å². The number of ketones is 1. The number of fused-ring (bicyclic) bond motifs is 1. The van der Waals surface area contributed by atoms with Crippen LogP contribution in [0, 0.1) is 24.2 Å². The van der Waals surface area contributed by atoms with Gasteiger partial charge in [-0.3, -0.25) is 9.59 Å². The second-order valence-electron chi connectivity index (χ2n) is 13.0. The Morgan fingerprint density at radius 3 is 2.40 bits per heavy atom. The summed E-state index contributed by atoms with van der Waals surface area (Å²) in [7, 11) is -3.67. The second kappa shape index (κ2) is 13.1. The molecule has 5 unspecified atom stereocenters. The van der Waals surface area contributed by atoms with E-state index in [1.807, 2.05) is 32.2 Å². The number of hydrogen-bond donors (Lipinski definition) is 2. The van der Waals surface area contributed by atoms with Gasteiger partial charge in [0.05, 0.1) is 34.7 Å². The number of rotatable bonds is 4. The number of thiazole rings is 1. The lowest BCUT2D eigenvalue weighted by Crippen LogP contribution is -2.45. The second-order valence-corrected chi connectivity index (χ2v) is 15.9. The number of hydrogen-bond acceptors (Lipinski definition) is 9. The van der Waals surface area contributed by atoms with Crippen LogP contribution >= 0.6 is 11.3 Å². The smallest absolute Gasteiger partial charge is 0.309 e. The molecule has 0 saturated carbocycles. The van der Waals surface area contributed by atoms with Crippen molar-refractivity contribution < 1.29 is 33.0 Å².